The van der Waals surface area contributed by atoms with Gasteiger partial charge in [0.05, 0.1) is 6.10 Å². The number of hydrogen-bond acceptors (Lipinski definition) is 10. The molecule has 36 heavy (non-hydrogen) atoms. The molecule has 1 aromatic rings. The Bertz CT molecular complexity index is 935. The second kappa shape index (κ2) is 12.7. The summed E-state index contributed by atoms with van der Waals surface area (Å²) in [7, 11) is 0. The van der Waals surface area contributed by atoms with Crippen LogP contribution < -0.4 is 4.74 Å². The minimum atomic E-state index is -1.29. The molecule has 0 bridgehead atoms. The lowest BCUT2D eigenvalue weighted by molar-refractivity contribution is -0.281. The zero-order chi connectivity index (χ0) is 27.0. The van der Waals surface area contributed by atoms with Crippen molar-refractivity contribution in [3.8, 4) is 5.75 Å². The van der Waals surface area contributed by atoms with Crippen molar-refractivity contribution in [3.05, 3.63) is 29.8 Å². The van der Waals surface area contributed by atoms with E-state index in [1.54, 1.807) is 66.7 Å². The number of para-hydroxylation sites is 1. The van der Waals surface area contributed by atoms with E-state index in [4.69, 9.17) is 28.4 Å². The van der Waals surface area contributed by atoms with Crippen LogP contribution in [-0.4, -0.2) is 60.2 Å². The molecule has 1 fully saturated rings. The number of ether oxygens (including phenoxy) is 6. The monoisotopic (exact) mass is 508 g/mol. The SMILES string of the molecule is CCC(=O)O[C@@H]1[C@H](OC(=O)CC)[C@H](C)OC(Oc2ccccc2C(=O)OC(C)(C)C)[C@H]1OC(=O)CC. The molecule has 0 amide bonds. The minimum Gasteiger partial charge on any atom is -0.460 e. The van der Waals surface area contributed by atoms with Crippen LogP contribution in [0.2, 0.25) is 0 Å². The highest BCUT2D eigenvalue weighted by atomic mass is 16.7. The molecule has 5 atom stereocenters. The first kappa shape index (κ1) is 29.1. The largest absolute Gasteiger partial charge is 0.460 e. The summed E-state index contributed by atoms with van der Waals surface area (Å²) in [6.45, 7) is 11.7. The third-order valence-electron chi connectivity index (χ3n) is 5.14. The fourth-order valence-corrected chi connectivity index (χ4v) is 3.39. The van der Waals surface area contributed by atoms with Crippen molar-refractivity contribution in [1.29, 1.82) is 0 Å². The first-order valence-corrected chi connectivity index (χ1v) is 12.1. The molecule has 1 heterocycles. The molecular weight excluding hydrogens is 472 g/mol. The second-order valence-corrected chi connectivity index (χ2v) is 9.25. The summed E-state index contributed by atoms with van der Waals surface area (Å²) in [4.78, 5) is 49.5. The predicted molar refractivity (Wildman–Crippen MR) is 127 cm³/mol. The number of carbonyl (C=O) groups is 4. The van der Waals surface area contributed by atoms with Crippen LogP contribution in [0.5, 0.6) is 5.75 Å². The molecule has 1 aliphatic rings. The maximum atomic E-state index is 12.8. The van der Waals surface area contributed by atoms with E-state index < -0.39 is 60.2 Å². The van der Waals surface area contributed by atoms with Gasteiger partial charge in [0.2, 0.25) is 12.4 Å². The third-order valence-corrected chi connectivity index (χ3v) is 5.14. The van der Waals surface area contributed by atoms with Crippen LogP contribution in [0, 0.1) is 0 Å². The standard InChI is InChI=1S/C26H36O10/c1-8-18(27)33-21-15(4)31-25(23(35-20(29)10-3)22(21)34-19(28)9-2)32-17-14-12-11-13-16(17)24(30)36-26(5,6)7/h11-15,21-23,25H,8-10H2,1-7H3/t15-,21+,22+,23-,25?/m0/s1. The zero-order valence-corrected chi connectivity index (χ0v) is 21.9. The lowest BCUT2D eigenvalue weighted by Crippen LogP contribution is -2.62. The van der Waals surface area contributed by atoms with E-state index in [0.29, 0.717) is 0 Å². The van der Waals surface area contributed by atoms with Crippen molar-refractivity contribution >= 4 is 23.9 Å². The fourth-order valence-electron chi connectivity index (χ4n) is 3.39. The average molecular weight is 509 g/mol. The highest BCUT2D eigenvalue weighted by Crippen LogP contribution is 2.32. The highest BCUT2D eigenvalue weighted by molar-refractivity contribution is 5.92. The lowest BCUT2D eigenvalue weighted by Gasteiger charge is -2.43. The van der Waals surface area contributed by atoms with Gasteiger partial charge in [0.15, 0.2) is 12.2 Å². The van der Waals surface area contributed by atoms with Crippen LogP contribution in [0.1, 0.15) is 78.1 Å². The Morgan fingerprint density at radius 2 is 1.31 bits per heavy atom. The van der Waals surface area contributed by atoms with Crippen LogP contribution in [0.25, 0.3) is 0 Å². The van der Waals surface area contributed by atoms with Gasteiger partial charge in [0, 0.05) is 19.3 Å². The Morgan fingerprint density at radius 3 is 1.83 bits per heavy atom. The van der Waals surface area contributed by atoms with Gasteiger partial charge in [-0.05, 0) is 39.8 Å². The van der Waals surface area contributed by atoms with Crippen LogP contribution in [0.4, 0.5) is 0 Å². The van der Waals surface area contributed by atoms with Gasteiger partial charge >= 0.3 is 23.9 Å². The fraction of sp³-hybridized carbons (Fsp3) is 0.615. The molecule has 1 aliphatic heterocycles. The van der Waals surface area contributed by atoms with Crippen LogP contribution >= 0.6 is 0 Å². The van der Waals surface area contributed by atoms with Crippen LogP contribution in [0.3, 0.4) is 0 Å². The molecular formula is C26H36O10. The molecule has 1 saturated heterocycles. The van der Waals surface area contributed by atoms with E-state index in [1.165, 1.54) is 6.07 Å². The predicted octanol–water partition coefficient (Wildman–Crippen LogP) is 3.73. The van der Waals surface area contributed by atoms with Gasteiger partial charge in [0.1, 0.15) is 16.9 Å². The van der Waals surface area contributed by atoms with Crippen molar-refractivity contribution in [2.24, 2.45) is 0 Å². The van der Waals surface area contributed by atoms with Crippen LogP contribution in [0.15, 0.2) is 24.3 Å². The summed E-state index contributed by atoms with van der Waals surface area (Å²) in [5.74, 6) is -2.23. The van der Waals surface area contributed by atoms with Crippen molar-refractivity contribution in [2.45, 2.75) is 104 Å². The summed E-state index contributed by atoms with van der Waals surface area (Å²) in [5, 5.41) is 0. The Balaban J connectivity index is 2.47. The highest BCUT2D eigenvalue weighted by Gasteiger charge is 2.52. The number of hydrogen-bond donors (Lipinski definition) is 0. The topological polar surface area (TPSA) is 124 Å². The number of esters is 4. The summed E-state index contributed by atoms with van der Waals surface area (Å²) in [5.41, 5.74) is -0.611. The summed E-state index contributed by atoms with van der Waals surface area (Å²) >= 11 is 0. The molecule has 0 spiro atoms. The first-order chi connectivity index (χ1) is 16.9. The zero-order valence-electron chi connectivity index (χ0n) is 21.9. The Morgan fingerprint density at radius 1 is 0.806 bits per heavy atom. The molecule has 10 heteroatoms. The smallest absolute Gasteiger partial charge is 0.342 e. The van der Waals surface area contributed by atoms with Gasteiger partial charge in [-0.15, -0.1) is 0 Å². The molecule has 0 saturated carbocycles. The minimum absolute atomic E-state index is 0.0289. The van der Waals surface area contributed by atoms with Gasteiger partial charge in [0.25, 0.3) is 0 Å². The maximum Gasteiger partial charge on any atom is 0.342 e. The van der Waals surface area contributed by atoms with E-state index >= 15 is 0 Å². The molecule has 0 N–H and O–H groups in total. The number of rotatable bonds is 9. The molecule has 0 radical (unpaired) electrons. The Kier molecular flexibility index (Phi) is 10.3. The van der Waals surface area contributed by atoms with E-state index in [0.717, 1.165) is 0 Å². The van der Waals surface area contributed by atoms with Crippen molar-refractivity contribution in [1.82, 2.24) is 0 Å². The third kappa shape index (κ3) is 7.94. The summed E-state index contributed by atoms with van der Waals surface area (Å²) in [6, 6.07) is 6.38. The Hall–Kier alpha value is -3.14. The molecule has 2 rings (SSSR count). The van der Waals surface area contributed by atoms with Gasteiger partial charge in [-0.1, -0.05) is 32.9 Å². The van der Waals surface area contributed by atoms with Crippen LogP contribution in [-0.2, 0) is 38.1 Å². The Labute approximate surface area is 211 Å². The van der Waals surface area contributed by atoms with E-state index in [2.05, 4.69) is 0 Å². The van der Waals surface area contributed by atoms with Crippen molar-refractivity contribution in [2.75, 3.05) is 0 Å². The summed E-state index contributed by atoms with van der Waals surface area (Å²) < 4.78 is 34.2. The van der Waals surface area contributed by atoms with Gasteiger partial charge in [-0.3, -0.25) is 14.4 Å². The number of carbonyl (C=O) groups excluding carboxylic acids is 4. The molecule has 10 nitrogen and oxygen atoms in total. The lowest BCUT2D eigenvalue weighted by atomic mass is 9.98. The maximum absolute atomic E-state index is 12.8. The molecule has 0 aliphatic carbocycles. The van der Waals surface area contributed by atoms with Gasteiger partial charge in [-0.2, -0.15) is 0 Å². The van der Waals surface area contributed by atoms with Gasteiger partial charge in [-0.25, -0.2) is 4.79 Å². The van der Waals surface area contributed by atoms with E-state index in [-0.39, 0.29) is 30.6 Å². The quantitative estimate of drug-likeness (QED) is 0.360. The van der Waals surface area contributed by atoms with E-state index in [9.17, 15) is 19.2 Å². The average Bonchev–Trinajstić information content (AvgIpc) is 2.82. The summed E-state index contributed by atoms with van der Waals surface area (Å²) in [6.07, 6.45) is -5.47. The molecule has 200 valence electrons. The first-order valence-electron chi connectivity index (χ1n) is 12.1. The second-order valence-electron chi connectivity index (χ2n) is 9.25. The number of benzene rings is 1. The van der Waals surface area contributed by atoms with E-state index in [1.807, 2.05) is 0 Å². The molecule has 1 unspecified atom stereocenters. The van der Waals surface area contributed by atoms with Gasteiger partial charge < -0.3 is 28.4 Å². The van der Waals surface area contributed by atoms with Crippen molar-refractivity contribution in [3.63, 3.8) is 0 Å². The molecule has 1 aromatic carbocycles. The van der Waals surface area contributed by atoms with Crippen molar-refractivity contribution < 1.29 is 47.6 Å². The normalized spacial score (nSPS) is 23.8. The molecule has 0 aromatic heterocycles.